The van der Waals surface area contributed by atoms with Crippen molar-refractivity contribution in [2.45, 2.75) is 19.4 Å². The Morgan fingerprint density at radius 1 is 0.917 bits per heavy atom. The van der Waals surface area contributed by atoms with Crippen molar-refractivity contribution in [1.29, 1.82) is 0 Å². The summed E-state index contributed by atoms with van der Waals surface area (Å²) in [6, 6.07) is 17.7. The first-order chi connectivity index (χ1) is 11.7. The van der Waals surface area contributed by atoms with Crippen molar-refractivity contribution in [2.24, 2.45) is 0 Å². The molecule has 4 heteroatoms. The summed E-state index contributed by atoms with van der Waals surface area (Å²) in [4.78, 5) is 26.6. The molecule has 2 heterocycles. The van der Waals surface area contributed by atoms with Crippen LogP contribution in [0.15, 0.2) is 65.6 Å². The van der Waals surface area contributed by atoms with E-state index in [2.05, 4.69) is 16.7 Å². The van der Waals surface area contributed by atoms with Crippen molar-refractivity contribution in [3.63, 3.8) is 0 Å². The van der Waals surface area contributed by atoms with Gasteiger partial charge in [-0.25, -0.2) is 0 Å². The first kappa shape index (κ1) is 14.7. The highest BCUT2D eigenvalue weighted by atomic mass is 16.2. The van der Waals surface area contributed by atoms with Gasteiger partial charge in [0.25, 0.3) is 0 Å². The number of hydrogen-bond acceptors (Lipinski definition) is 2. The Hall–Kier alpha value is -2.88. The van der Waals surface area contributed by atoms with Gasteiger partial charge in [-0.1, -0.05) is 42.5 Å². The lowest BCUT2D eigenvalue weighted by atomic mass is 10.1. The number of carbonyl (C=O) groups excluding carboxylic acids is 1. The highest BCUT2D eigenvalue weighted by molar-refractivity contribution is 5.97. The van der Waals surface area contributed by atoms with Gasteiger partial charge in [0, 0.05) is 31.1 Å². The molecular weight excluding hydrogens is 300 g/mol. The van der Waals surface area contributed by atoms with E-state index in [1.165, 1.54) is 0 Å². The summed E-state index contributed by atoms with van der Waals surface area (Å²) in [6.45, 7) is 1.29. The summed E-state index contributed by atoms with van der Waals surface area (Å²) in [5, 5.41) is 0.658. The van der Waals surface area contributed by atoms with Crippen molar-refractivity contribution in [2.75, 3.05) is 11.4 Å². The summed E-state index contributed by atoms with van der Waals surface area (Å²) in [7, 11) is 0. The number of amides is 1. The zero-order valence-electron chi connectivity index (χ0n) is 13.3. The highest BCUT2D eigenvalue weighted by Crippen LogP contribution is 2.22. The number of anilines is 1. The van der Waals surface area contributed by atoms with Crippen LogP contribution in [0.1, 0.15) is 18.4 Å². The van der Waals surface area contributed by atoms with E-state index in [0.29, 0.717) is 30.6 Å². The van der Waals surface area contributed by atoms with Crippen molar-refractivity contribution in [3.05, 3.63) is 76.6 Å². The lowest BCUT2D eigenvalue weighted by molar-refractivity contribution is -0.117. The Labute approximate surface area is 140 Å². The van der Waals surface area contributed by atoms with Crippen LogP contribution in [0, 0.1) is 0 Å². The molecule has 0 unspecified atom stereocenters. The molecule has 0 atom stereocenters. The number of rotatable bonds is 3. The lowest BCUT2D eigenvalue weighted by Crippen LogP contribution is -2.30. The number of aromatic nitrogens is 1. The van der Waals surface area contributed by atoms with E-state index in [1.54, 1.807) is 4.90 Å². The molecule has 3 aromatic rings. The smallest absolute Gasteiger partial charge is 0.227 e. The molecule has 4 rings (SSSR count). The van der Waals surface area contributed by atoms with Gasteiger partial charge in [-0.2, -0.15) is 0 Å². The van der Waals surface area contributed by atoms with Gasteiger partial charge in [0.05, 0.1) is 5.52 Å². The summed E-state index contributed by atoms with van der Waals surface area (Å²) >= 11 is 0. The number of nitrogens with zero attached hydrogens (tertiary/aromatic N) is 2. The summed E-state index contributed by atoms with van der Waals surface area (Å²) < 4.78 is 2.06. The topological polar surface area (TPSA) is 42.3 Å². The number of carbonyl (C=O) groups is 1. The third kappa shape index (κ3) is 2.50. The van der Waals surface area contributed by atoms with Gasteiger partial charge in [-0.3, -0.25) is 9.59 Å². The van der Waals surface area contributed by atoms with E-state index < -0.39 is 0 Å². The fourth-order valence-electron chi connectivity index (χ4n) is 3.34. The van der Waals surface area contributed by atoms with Gasteiger partial charge in [-0.05, 0) is 24.1 Å². The Balaban J connectivity index is 1.90. The normalized spacial score (nSPS) is 14.5. The molecule has 1 amide bonds. The van der Waals surface area contributed by atoms with Gasteiger partial charge in [0.1, 0.15) is 5.69 Å². The molecule has 1 aliphatic rings. The molecule has 4 nitrogen and oxygen atoms in total. The summed E-state index contributed by atoms with van der Waals surface area (Å²) in [5.41, 5.74) is 2.48. The molecule has 120 valence electrons. The van der Waals surface area contributed by atoms with Crippen molar-refractivity contribution in [1.82, 2.24) is 4.57 Å². The third-order valence-corrected chi connectivity index (χ3v) is 4.53. The maximum absolute atomic E-state index is 12.9. The molecular formula is C20H18N2O2. The van der Waals surface area contributed by atoms with Crippen molar-refractivity contribution >= 4 is 22.5 Å². The highest BCUT2D eigenvalue weighted by Gasteiger charge is 2.25. The quantitative estimate of drug-likeness (QED) is 0.744. The molecule has 1 aliphatic heterocycles. The van der Waals surface area contributed by atoms with Gasteiger partial charge in [-0.15, -0.1) is 0 Å². The Bertz CT molecular complexity index is 960. The van der Waals surface area contributed by atoms with Crippen molar-refractivity contribution < 1.29 is 4.79 Å². The second-order valence-corrected chi connectivity index (χ2v) is 6.12. The Morgan fingerprint density at radius 3 is 2.42 bits per heavy atom. The van der Waals surface area contributed by atoms with Crippen LogP contribution in [0.3, 0.4) is 0 Å². The van der Waals surface area contributed by atoms with E-state index >= 15 is 0 Å². The first-order valence-electron chi connectivity index (χ1n) is 8.20. The van der Waals surface area contributed by atoms with Gasteiger partial charge >= 0.3 is 0 Å². The van der Waals surface area contributed by atoms with Crippen LogP contribution in [-0.2, 0) is 11.3 Å². The average molecular weight is 318 g/mol. The monoisotopic (exact) mass is 318 g/mol. The number of benzene rings is 2. The molecule has 0 N–H and O–H groups in total. The molecule has 1 aromatic heterocycles. The predicted octanol–water partition coefficient (Wildman–Crippen LogP) is 3.18. The fourth-order valence-corrected chi connectivity index (χ4v) is 3.34. The van der Waals surface area contributed by atoms with Crippen LogP contribution in [0.2, 0.25) is 0 Å². The molecule has 0 spiro atoms. The Morgan fingerprint density at radius 2 is 1.67 bits per heavy atom. The van der Waals surface area contributed by atoms with Gasteiger partial charge < -0.3 is 9.47 Å². The van der Waals surface area contributed by atoms with E-state index in [0.717, 1.165) is 17.5 Å². The molecule has 1 fully saturated rings. The Kier molecular flexibility index (Phi) is 3.65. The molecule has 24 heavy (non-hydrogen) atoms. The minimum absolute atomic E-state index is 0.0358. The van der Waals surface area contributed by atoms with Crippen LogP contribution in [-0.4, -0.2) is 17.0 Å². The first-order valence-corrected chi connectivity index (χ1v) is 8.20. The van der Waals surface area contributed by atoms with Crippen LogP contribution in [0.25, 0.3) is 10.9 Å². The standard InChI is InChI=1S/C20H18N2O2/c23-19-11-6-12-22(19)18-14-21(13-15-7-2-1-3-8-15)17-10-5-4-9-16(17)20(18)24/h1-5,7-10,14H,6,11-13H2. The largest absolute Gasteiger partial charge is 0.341 e. The minimum Gasteiger partial charge on any atom is -0.341 e. The molecule has 0 bridgehead atoms. The molecule has 2 aromatic carbocycles. The zero-order chi connectivity index (χ0) is 16.5. The fraction of sp³-hybridized carbons (Fsp3) is 0.200. The molecule has 0 saturated carbocycles. The summed E-state index contributed by atoms with van der Waals surface area (Å²) in [5.74, 6) is 0.0358. The SMILES string of the molecule is O=C1CCCN1c1cn(Cc2ccccc2)c2ccccc2c1=O. The second-order valence-electron chi connectivity index (χ2n) is 6.12. The van der Waals surface area contributed by atoms with E-state index in [-0.39, 0.29) is 11.3 Å². The number of pyridine rings is 1. The van der Waals surface area contributed by atoms with E-state index in [4.69, 9.17) is 0 Å². The zero-order valence-corrected chi connectivity index (χ0v) is 13.3. The van der Waals surface area contributed by atoms with E-state index in [1.807, 2.05) is 48.7 Å². The molecule has 0 aliphatic carbocycles. The van der Waals surface area contributed by atoms with Gasteiger partial charge in [0.2, 0.25) is 11.3 Å². The molecule has 0 radical (unpaired) electrons. The number of fused-ring (bicyclic) bond motifs is 1. The van der Waals surface area contributed by atoms with Crippen LogP contribution in [0.5, 0.6) is 0 Å². The number of para-hydroxylation sites is 1. The van der Waals surface area contributed by atoms with Crippen LogP contribution < -0.4 is 10.3 Å². The van der Waals surface area contributed by atoms with Crippen molar-refractivity contribution in [3.8, 4) is 0 Å². The summed E-state index contributed by atoms with van der Waals surface area (Å²) in [6.07, 6.45) is 3.16. The van der Waals surface area contributed by atoms with Crippen LogP contribution >= 0.6 is 0 Å². The average Bonchev–Trinajstić information content (AvgIpc) is 3.04. The third-order valence-electron chi connectivity index (χ3n) is 4.53. The second kappa shape index (κ2) is 5.96. The van der Waals surface area contributed by atoms with Gasteiger partial charge in [0.15, 0.2) is 0 Å². The number of hydrogen-bond donors (Lipinski definition) is 0. The lowest BCUT2D eigenvalue weighted by Gasteiger charge is -2.19. The minimum atomic E-state index is -0.0647. The maximum atomic E-state index is 12.9. The van der Waals surface area contributed by atoms with Crippen LogP contribution in [0.4, 0.5) is 5.69 Å². The maximum Gasteiger partial charge on any atom is 0.227 e. The molecule has 1 saturated heterocycles. The predicted molar refractivity (Wildman–Crippen MR) is 95.3 cm³/mol. The van der Waals surface area contributed by atoms with E-state index in [9.17, 15) is 9.59 Å².